The van der Waals surface area contributed by atoms with Crippen molar-refractivity contribution in [3.05, 3.63) is 34.1 Å². The van der Waals surface area contributed by atoms with E-state index in [9.17, 15) is 9.18 Å². The highest BCUT2D eigenvalue weighted by Crippen LogP contribution is 2.19. The van der Waals surface area contributed by atoms with Crippen LogP contribution < -0.4 is 5.32 Å². The fraction of sp³-hybridized carbons (Fsp3) is 0.273. The van der Waals surface area contributed by atoms with Crippen molar-refractivity contribution in [3.63, 3.8) is 0 Å². The normalized spacial score (nSPS) is 12.2. The highest BCUT2D eigenvalue weighted by molar-refractivity contribution is 9.10. The van der Waals surface area contributed by atoms with Crippen molar-refractivity contribution < 1.29 is 9.18 Å². The third-order valence-corrected chi connectivity index (χ3v) is 3.16. The molecule has 0 saturated carbocycles. The number of carbonyl (C=O) groups excluding carboxylic acids is 1. The van der Waals surface area contributed by atoms with Crippen LogP contribution in [0, 0.1) is 11.7 Å². The zero-order valence-electron chi connectivity index (χ0n) is 10.0. The van der Waals surface area contributed by atoms with Crippen LogP contribution in [0.2, 0.25) is 0 Å². The Bertz CT molecular complexity index is 574. The van der Waals surface area contributed by atoms with Gasteiger partial charge in [-0.1, -0.05) is 18.1 Å². The summed E-state index contributed by atoms with van der Waals surface area (Å²) in [7, 11) is 0. The van der Waals surface area contributed by atoms with E-state index < -0.39 is 0 Å². The summed E-state index contributed by atoms with van der Waals surface area (Å²) in [6.07, 6.45) is 0.489. The van der Waals surface area contributed by atoms with Gasteiger partial charge in [0.25, 0.3) is 5.95 Å². The average Bonchev–Trinajstić information content (AvgIpc) is 2.86. The van der Waals surface area contributed by atoms with Gasteiger partial charge in [-0.15, -0.1) is 5.10 Å². The van der Waals surface area contributed by atoms with E-state index in [1.54, 1.807) is 19.1 Å². The lowest BCUT2D eigenvalue weighted by atomic mass is 10.0. The first-order chi connectivity index (χ1) is 9.06. The average molecular weight is 328 g/mol. The minimum Gasteiger partial charge on any atom is -0.292 e. The van der Waals surface area contributed by atoms with Crippen LogP contribution in [0.5, 0.6) is 0 Å². The molecule has 1 heterocycles. The molecule has 0 bridgehead atoms. The van der Waals surface area contributed by atoms with Gasteiger partial charge in [-0.3, -0.25) is 10.1 Å². The summed E-state index contributed by atoms with van der Waals surface area (Å²) < 4.78 is 13.5. The number of nitrogens with zero attached hydrogens (tertiary/aromatic N) is 3. The van der Waals surface area contributed by atoms with Crippen LogP contribution in [0.15, 0.2) is 22.7 Å². The number of amides is 1. The Labute approximate surface area is 116 Å². The van der Waals surface area contributed by atoms with E-state index in [2.05, 4.69) is 41.9 Å². The molecule has 1 aromatic carbocycles. The first kappa shape index (κ1) is 13.6. The molecule has 1 aromatic heterocycles. The molecule has 0 radical (unpaired) electrons. The number of tetrazole rings is 1. The summed E-state index contributed by atoms with van der Waals surface area (Å²) in [4.78, 5) is 11.8. The zero-order valence-corrected chi connectivity index (χ0v) is 11.6. The molecule has 0 aliphatic rings. The molecule has 0 fully saturated rings. The second-order valence-corrected chi connectivity index (χ2v) is 4.93. The Kier molecular flexibility index (Phi) is 4.20. The predicted octanol–water partition coefficient (Wildman–Crippen LogP) is 1.92. The van der Waals surface area contributed by atoms with Crippen molar-refractivity contribution in [2.45, 2.75) is 13.3 Å². The van der Waals surface area contributed by atoms with Crippen LogP contribution in [0.1, 0.15) is 12.5 Å². The summed E-state index contributed by atoms with van der Waals surface area (Å²) >= 11 is 3.11. The van der Waals surface area contributed by atoms with Crippen molar-refractivity contribution in [1.82, 2.24) is 20.6 Å². The molecule has 1 atom stereocenters. The molecule has 19 heavy (non-hydrogen) atoms. The van der Waals surface area contributed by atoms with Gasteiger partial charge in [-0.2, -0.15) is 5.21 Å². The molecule has 6 nitrogen and oxygen atoms in total. The van der Waals surface area contributed by atoms with Gasteiger partial charge in [0.05, 0.1) is 4.47 Å². The van der Waals surface area contributed by atoms with Gasteiger partial charge in [-0.25, -0.2) is 4.39 Å². The van der Waals surface area contributed by atoms with Gasteiger partial charge in [-0.05, 0) is 45.3 Å². The number of anilines is 1. The lowest BCUT2D eigenvalue weighted by Crippen LogP contribution is -2.22. The molecule has 1 amide bonds. The maximum atomic E-state index is 13.1. The molecular weight excluding hydrogens is 317 g/mol. The Hall–Kier alpha value is -1.83. The summed E-state index contributed by atoms with van der Waals surface area (Å²) in [5.41, 5.74) is 0.865. The number of hydrogen-bond acceptors (Lipinski definition) is 4. The van der Waals surface area contributed by atoms with Gasteiger partial charge < -0.3 is 0 Å². The Morgan fingerprint density at radius 1 is 1.58 bits per heavy atom. The van der Waals surface area contributed by atoms with Gasteiger partial charge in [0.2, 0.25) is 5.91 Å². The van der Waals surface area contributed by atoms with Crippen LogP contribution in [0.25, 0.3) is 0 Å². The van der Waals surface area contributed by atoms with Crippen LogP contribution in [0.4, 0.5) is 10.3 Å². The fourth-order valence-corrected chi connectivity index (χ4v) is 1.99. The van der Waals surface area contributed by atoms with E-state index in [4.69, 9.17) is 0 Å². The molecule has 0 spiro atoms. The molecule has 100 valence electrons. The molecule has 0 aliphatic heterocycles. The predicted molar refractivity (Wildman–Crippen MR) is 69.8 cm³/mol. The van der Waals surface area contributed by atoms with Crippen molar-refractivity contribution in [3.8, 4) is 0 Å². The van der Waals surface area contributed by atoms with Gasteiger partial charge in [0.1, 0.15) is 5.82 Å². The fourth-order valence-electron chi connectivity index (χ4n) is 1.56. The van der Waals surface area contributed by atoms with Gasteiger partial charge >= 0.3 is 0 Å². The number of rotatable bonds is 4. The topological polar surface area (TPSA) is 83.6 Å². The molecule has 2 rings (SSSR count). The first-order valence-electron chi connectivity index (χ1n) is 5.54. The summed E-state index contributed by atoms with van der Waals surface area (Å²) in [6.45, 7) is 1.77. The minimum atomic E-state index is -0.326. The SMILES string of the molecule is C[C@H](Cc1ccc(F)c(Br)c1)C(=O)Nc1nn[nH]n1. The molecule has 0 aliphatic carbocycles. The molecule has 2 N–H and O–H groups in total. The summed E-state index contributed by atoms with van der Waals surface area (Å²) in [6, 6.07) is 4.68. The number of benzene rings is 1. The van der Waals surface area contributed by atoms with Crippen LogP contribution in [0.3, 0.4) is 0 Å². The lowest BCUT2D eigenvalue weighted by Gasteiger charge is -2.10. The standard InChI is InChI=1S/C11H11BrFN5O/c1-6(10(19)14-11-15-17-18-16-11)4-7-2-3-9(13)8(12)5-7/h2-3,5-6H,4H2,1H3,(H2,14,15,16,17,18,19)/t6-/m1/s1. The molecular formula is C11H11BrFN5O. The number of aromatic amines is 1. The number of halogens is 2. The monoisotopic (exact) mass is 327 g/mol. The van der Waals surface area contributed by atoms with Crippen LogP contribution in [-0.2, 0) is 11.2 Å². The van der Waals surface area contributed by atoms with Crippen LogP contribution >= 0.6 is 15.9 Å². The quantitative estimate of drug-likeness (QED) is 0.898. The van der Waals surface area contributed by atoms with E-state index in [1.807, 2.05) is 0 Å². The Morgan fingerprint density at radius 2 is 2.37 bits per heavy atom. The third kappa shape index (κ3) is 3.57. The smallest absolute Gasteiger partial charge is 0.269 e. The van der Waals surface area contributed by atoms with E-state index in [0.29, 0.717) is 10.9 Å². The number of hydrogen-bond donors (Lipinski definition) is 2. The van der Waals surface area contributed by atoms with E-state index >= 15 is 0 Å². The maximum Gasteiger partial charge on any atom is 0.269 e. The zero-order chi connectivity index (χ0) is 13.8. The van der Waals surface area contributed by atoms with Crippen molar-refractivity contribution in [1.29, 1.82) is 0 Å². The van der Waals surface area contributed by atoms with E-state index in [0.717, 1.165) is 5.56 Å². The van der Waals surface area contributed by atoms with Crippen molar-refractivity contribution >= 4 is 27.8 Å². The number of carbonyl (C=O) groups is 1. The highest BCUT2D eigenvalue weighted by atomic mass is 79.9. The van der Waals surface area contributed by atoms with Gasteiger partial charge in [0.15, 0.2) is 0 Å². The van der Waals surface area contributed by atoms with Crippen molar-refractivity contribution in [2.75, 3.05) is 5.32 Å². The first-order valence-corrected chi connectivity index (χ1v) is 6.34. The summed E-state index contributed by atoms with van der Waals surface area (Å²) in [5, 5.41) is 15.4. The highest BCUT2D eigenvalue weighted by Gasteiger charge is 2.16. The van der Waals surface area contributed by atoms with Crippen LogP contribution in [-0.4, -0.2) is 26.5 Å². The second kappa shape index (κ2) is 5.87. The van der Waals surface area contributed by atoms with E-state index in [-0.39, 0.29) is 23.6 Å². The van der Waals surface area contributed by atoms with E-state index in [1.165, 1.54) is 6.07 Å². The molecule has 8 heteroatoms. The lowest BCUT2D eigenvalue weighted by molar-refractivity contribution is -0.119. The third-order valence-electron chi connectivity index (χ3n) is 2.55. The number of nitrogens with one attached hydrogen (secondary N) is 2. The molecule has 0 unspecified atom stereocenters. The maximum absolute atomic E-state index is 13.1. The Morgan fingerprint density at radius 3 is 3.00 bits per heavy atom. The Balaban J connectivity index is 1.98. The van der Waals surface area contributed by atoms with Gasteiger partial charge in [0, 0.05) is 5.92 Å². The number of H-pyrrole nitrogens is 1. The molecule has 0 saturated heterocycles. The number of aromatic nitrogens is 4. The molecule has 2 aromatic rings. The second-order valence-electron chi connectivity index (χ2n) is 4.08. The largest absolute Gasteiger partial charge is 0.292 e. The van der Waals surface area contributed by atoms with Crippen molar-refractivity contribution in [2.24, 2.45) is 5.92 Å². The minimum absolute atomic E-state index is 0.136. The summed E-state index contributed by atoms with van der Waals surface area (Å²) in [5.74, 6) is -0.706.